The normalized spacial score (nSPS) is 26.7. The molecular weight excluding hydrogens is 240 g/mol. The zero-order chi connectivity index (χ0) is 14.3. The fraction of sp³-hybridized carbons (Fsp3) is 0.333. The zero-order valence-electron chi connectivity index (χ0n) is 11.6. The highest BCUT2D eigenvalue weighted by atomic mass is 16.2. The van der Waals surface area contributed by atoms with Crippen molar-refractivity contribution in [3.63, 3.8) is 0 Å². The molecule has 0 aromatic heterocycles. The molecular formula is C15H16N2O2. The van der Waals surface area contributed by atoms with Gasteiger partial charge in [-0.25, -0.2) is 0 Å². The van der Waals surface area contributed by atoms with Crippen molar-refractivity contribution in [3.8, 4) is 0 Å². The third-order valence-corrected chi connectivity index (χ3v) is 3.93. The summed E-state index contributed by atoms with van der Waals surface area (Å²) in [7, 11) is 0. The maximum atomic E-state index is 12.4. The molecule has 1 aromatic carbocycles. The van der Waals surface area contributed by atoms with Crippen LogP contribution in [0.15, 0.2) is 42.6 Å². The molecule has 2 saturated heterocycles. The predicted molar refractivity (Wildman–Crippen MR) is 71.3 cm³/mol. The van der Waals surface area contributed by atoms with E-state index >= 15 is 0 Å². The molecule has 4 heteroatoms. The first kappa shape index (κ1) is 10.8. The van der Waals surface area contributed by atoms with Crippen molar-refractivity contribution >= 4 is 11.8 Å². The van der Waals surface area contributed by atoms with Crippen molar-refractivity contribution in [2.24, 2.45) is 5.41 Å². The summed E-state index contributed by atoms with van der Waals surface area (Å²) in [5.74, 6) is -0.0912. The smallest absolute Gasteiger partial charge is 0.253 e. The Balaban J connectivity index is 1.77. The number of amides is 2. The topological polar surface area (TPSA) is 49.4 Å². The number of allylic oxidation sites excluding steroid dienone is 1. The van der Waals surface area contributed by atoms with Crippen LogP contribution in [0.4, 0.5) is 0 Å². The lowest BCUT2D eigenvalue weighted by Crippen LogP contribution is -2.36. The van der Waals surface area contributed by atoms with Crippen LogP contribution in [0.5, 0.6) is 0 Å². The molecule has 2 heterocycles. The molecule has 0 aliphatic carbocycles. The SMILES string of the molecule is [3H]c1ccc(C(=O)N2CCC3(CC(=C)NC3=O)C2)cc1. The van der Waals surface area contributed by atoms with Gasteiger partial charge in [-0.1, -0.05) is 24.8 Å². The minimum Gasteiger partial charge on any atom is -0.338 e. The summed E-state index contributed by atoms with van der Waals surface area (Å²) in [6.07, 6.45) is 1.29. The van der Waals surface area contributed by atoms with Gasteiger partial charge in [-0.3, -0.25) is 9.59 Å². The van der Waals surface area contributed by atoms with Crippen molar-refractivity contribution in [1.29, 1.82) is 0 Å². The monoisotopic (exact) mass is 258 g/mol. The van der Waals surface area contributed by atoms with Crippen LogP contribution >= 0.6 is 0 Å². The lowest BCUT2D eigenvalue weighted by Gasteiger charge is -2.20. The second kappa shape index (κ2) is 4.23. The van der Waals surface area contributed by atoms with Crippen LogP contribution in [0.25, 0.3) is 0 Å². The van der Waals surface area contributed by atoms with Crippen LogP contribution in [-0.4, -0.2) is 29.8 Å². The molecule has 4 nitrogen and oxygen atoms in total. The van der Waals surface area contributed by atoms with Crippen LogP contribution in [0.2, 0.25) is 0 Å². The number of hydrogen-bond acceptors (Lipinski definition) is 2. The quantitative estimate of drug-likeness (QED) is 0.831. The van der Waals surface area contributed by atoms with Crippen LogP contribution in [-0.2, 0) is 4.79 Å². The number of hydrogen-bond donors (Lipinski definition) is 1. The average molecular weight is 258 g/mol. The second-order valence-electron chi connectivity index (χ2n) is 5.28. The first-order chi connectivity index (χ1) is 9.50. The van der Waals surface area contributed by atoms with Gasteiger partial charge in [-0.15, -0.1) is 0 Å². The van der Waals surface area contributed by atoms with Gasteiger partial charge in [0.2, 0.25) is 5.91 Å². The molecule has 19 heavy (non-hydrogen) atoms. The number of benzene rings is 1. The molecule has 3 rings (SSSR count). The number of likely N-dealkylation sites (tertiary alicyclic amines) is 1. The molecule has 2 fully saturated rings. The van der Waals surface area contributed by atoms with Crippen LogP contribution < -0.4 is 5.32 Å². The fourth-order valence-corrected chi connectivity index (χ4v) is 2.91. The lowest BCUT2D eigenvalue weighted by molar-refractivity contribution is -0.126. The van der Waals surface area contributed by atoms with Crippen molar-refractivity contribution in [3.05, 3.63) is 48.1 Å². The molecule has 0 saturated carbocycles. The molecule has 1 atom stereocenters. The predicted octanol–water partition coefficient (Wildman–Crippen LogP) is 1.55. The summed E-state index contributed by atoms with van der Waals surface area (Å²) in [6.45, 7) is 4.83. The summed E-state index contributed by atoms with van der Waals surface area (Å²) in [4.78, 5) is 26.1. The molecule has 1 N–H and O–H groups in total. The molecule has 2 aliphatic rings. The Kier molecular flexibility index (Phi) is 2.40. The molecule has 0 bridgehead atoms. The summed E-state index contributed by atoms with van der Waals surface area (Å²) >= 11 is 0. The maximum absolute atomic E-state index is 12.4. The van der Waals surface area contributed by atoms with E-state index < -0.39 is 5.41 Å². The van der Waals surface area contributed by atoms with E-state index in [0.29, 0.717) is 37.5 Å². The highest BCUT2D eigenvalue weighted by Crippen LogP contribution is 2.40. The van der Waals surface area contributed by atoms with Gasteiger partial charge in [-0.2, -0.15) is 0 Å². The lowest BCUT2D eigenvalue weighted by atomic mass is 9.85. The van der Waals surface area contributed by atoms with E-state index in [0.717, 1.165) is 5.70 Å². The fourth-order valence-electron chi connectivity index (χ4n) is 2.91. The second-order valence-corrected chi connectivity index (χ2v) is 5.28. The van der Waals surface area contributed by atoms with Crippen LogP contribution in [0.3, 0.4) is 0 Å². The van der Waals surface area contributed by atoms with E-state index in [2.05, 4.69) is 11.9 Å². The minimum atomic E-state index is -0.484. The summed E-state index contributed by atoms with van der Waals surface area (Å²) in [5.41, 5.74) is 0.820. The molecule has 2 aliphatic heterocycles. The number of nitrogens with one attached hydrogen (secondary N) is 1. The van der Waals surface area contributed by atoms with Gasteiger partial charge in [0.05, 0.1) is 6.79 Å². The van der Waals surface area contributed by atoms with Crippen molar-refractivity contribution in [2.45, 2.75) is 12.8 Å². The van der Waals surface area contributed by atoms with Gasteiger partial charge in [0.25, 0.3) is 5.91 Å². The Morgan fingerprint density at radius 3 is 2.84 bits per heavy atom. The molecule has 1 unspecified atom stereocenters. The number of carbonyl (C=O) groups is 2. The minimum absolute atomic E-state index is 0.0145. The van der Waals surface area contributed by atoms with Crippen molar-refractivity contribution in [2.75, 3.05) is 13.1 Å². The average Bonchev–Trinajstić information content (AvgIpc) is 2.95. The third kappa shape index (κ3) is 1.93. The van der Waals surface area contributed by atoms with Gasteiger partial charge in [0.1, 0.15) is 0 Å². The van der Waals surface area contributed by atoms with E-state index in [9.17, 15) is 9.59 Å². The standard InChI is InChI=1S/C15H16N2O2/c1-11-9-15(14(19)16-11)7-8-17(10-15)13(18)12-5-3-2-4-6-12/h2-6H,1,7-10H2,(H,16,19)/i2T. The zero-order valence-corrected chi connectivity index (χ0v) is 10.6. The summed E-state index contributed by atoms with van der Waals surface area (Å²) in [5, 5.41) is 2.76. The Hall–Kier alpha value is -2.10. The van der Waals surface area contributed by atoms with E-state index in [1.54, 1.807) is 29.2 Å². The molecule has 0 radical (unpaired) electrons. The van der Waals surface area contributed by atoms with Gasteiger partial charge in [-0.05, 0) is 18.6 Å². The molecule has 2 amide bonds. The summed E-state index contributed by atoms with van der Waals surface area (Å²) < 4.78 is 7.43. The Bertz CT molecular complexity index is 596. The Morgan fingerprint density at radius 2 is 2.21 bits per heavy atom. The number of rotatable bonds is 1. The van der Waals surface area contributed by atoms with Crippen molar-refractivity contribution < 1.29 is 11.0 Å². The Labute approximate surface area is 113 Å². The van der Waals surface area contributed by atoms with Gasteiger partial charge in [0.15, 0.2) is 0 Å². The third-order valence-electron chi connectivity index (χ3n) is 3.93. The van der Waals surface area contributed by atoms with Crippen LogP contribution in [0, 0.1) is 5.41 Å². The first-order valence-corrected chi connectivity index (χ1v) is 6.35. The van der Waals surface area contributed by atoms with Crippen molar-refractivity contribution in [1.82, 2.24) is 10.2 Å². The van der Waals surface area contributed by atoms with E-state index in [1.165, 1.54) is 0 Å². The van der Waals surface area contributed by atoms with E-state index in [-0.39, 0.29) is 11.8 Å². The Morgan fingerprint density at radius 1 is 1.47 bits per heavy atom. The van der Waals surface area contributed by atoms with E-state index in [4.69, 9.17) is 1.37 Å². The molecule has 98 valence electrons. The van der Waals surface area contributed by atoms with Gasteiger partial charge >= 0.3 is 0 Å². The first-order valence-electron chi connectivity index (χ1n) is 6.85. The largest absolute Gasteiger partial charge is 0.338 e. The number of carbonyl (C=O) groups excluding carboxylic acids is 2. The maximum Gasteiger partial charge on any atom is 0.253 e. The highest BCUT2D eigenvalue weighted by molar-refractivity contribution is 5.96. The van der Waals surface area contributed by atoms with Crippen LogP contribution in [0.1, 0.15) is 24.6 Å². The molecule has 1 aromatic rings. The van der Waals surface area contributed by atoms with E-state index in [1.807, 2.05) is 0 Å². The van der Waals surface area contributed by atoms with Gasteiger partial charge < -0.3 is 10.2 Å². The summed E-state index contributed by atoms with van der Waals surface area (Å²) in [6, 6.07) is 6.89. The molecule has 1 spiro atoms. The number of nitrogens with zero attached hydrogens (tertiary/aromatic N) is 1. The highest BCUT2D eigenvalue weighted by Gasteiger charge is 2.49. The van der Waals surface area contributed by atoms with Gasteiger partial charge in [0, 0.05) is 30.8 Å².